The van der Waals surface area contributed by atoms with Gasteiger partial charge in [-0.2, -0.15) is 0 Å². The highest BCUT2D eigenvalue weighted by Gasteiger charge is 2.23. The van der Waals surface area contributed by atoms with Crippen molar-refractivity contribution in [2.75, 3.05) is 0 Å². The Kier molecular flexibility index (Phi) is 2.65. The van der Waals surface area contributed by atoms with Crippen LogP contribution in [0.4, 0.5) is 0 Å². The maximum atomic E-state index is 10.7. The lowest BCUT2D eigenvalue weighted by Crippen LogP contribution is -1.88. The zero-order valence-electron chi connectivity index (χ0n) is 6.04. The summed E-state index contributed by atoms with van der Waals surface area (Å²) in [6, 6.07) is 0. The number of rotatable bonds is 2. The molecule has 68 valence electrons. The standard InChI is InChI=1S/C5H5Cl2NO3S/c1-2-3-4(6)5(11-8-3)12(7,9)10/h2H2,1H3. The highest BCUT2D eigenvalue weighted by molar-refractivity contribution is 8.13. The summed E-state index contributed by atoms with van der Waals surface area (Å²) in [5.74, 6) is 0. The minimum absolute atomic E-state index is 0.0347. The average molecular weight is 230 g/mol. The molecular formula is C5H5Cl2NO3S. The molecule has 12 heavy (non-hydrogen) atoms. The van der Waals surface area contributed by atoms with Crippen molar-refractivity contribution >= 4 is 31.3 Å². The molecule has 0 N–H and O–H groups in total. The fourth-order valence-corrected chi connectivity index (χ4v) is 2.07. The second kappa shape index (κ2) is 3.24. The van der Waals surface area contributed by atoms with Gasteiger partial charge < -0.3 is 4.52 Å². The SMILES string of the molecule is CCc1noc(S(=O)(=O)Cl)c1Cl. The van der Waals surface area contributed by atoms with E-state index in [1.807, 2.05) is 0 Å². The molecule has 0 aromatic carbocycles. The van der Waals surface area contributed by atoms with Crippen molar-refractivity contribution in [1.82, 2.24) is 5.16 Å². The third-order valence-electron chi connectivity index (χ3n) is 1.23. The molecule has 0 aliphatic heterocycles. The molecule has 1 heterocycles. The Morgan fingerprint density at radius 1 is 1.58 bits per heavy atom. The van der Waals surface area contributed by atoms with Crippen LogP contribution in [-0.4, -0.2) is 13.6 Å². The van der Waals surface area contributed by atoms with E-state index in [4.69, 9.17) is 22.3 Å². The van der Waals surface area contributed by atoms with E-state index < -0.39 is 14.1 Å². The first-order valence-corrected chi connectivity index (χ1v) is 5.74. The van der Waals surface area contributed by atoms with Gasteiger partial charge in [-0.25, -0.2) is 8.42 Å². The Labute approximate surface area is 78.9 Å². The van der Waals surface area contributed by atoms with Crippen LogP contribution in [-0.2, 0) is 15.5 Å². The minimum atomic E-state index is -3.91. The topological polar surface area (TPSA) is 60.2 Å². The number of halogens is 2. The lowest BCUT2D eigenvalue weighted by atomic mass is 10.3. The fourth-order valence-electron chi connectivity index (χ4n) is 0.666. The van der Waals surface area contributed by atoms with Crippen LogP contribution in [0.15, 0.2) is 9.62 Å². The molecule has 0 radical (unpaired) electrons. The zero-order valence-corrected chi connectivity index (χ0v) is 8.37. The number of aromatic nitrogens is 1. The molecule has 0 unspecified atom stereocenters. The maximum Gasteiger partial charge on any atom is 0.298 e. The van der Waals surface area contributed by atoms with E-state index >= 15 is 0 Å². The summed E-state index contributed by atoms with van der Waals surface area (Å²) in [5, 5.41) is 2.91. The van der Waals surface area contributed by atoms with Crippen LogP contribution in [0.2, 0.25) is 5.02 Å². The molecule has 0 saturated carbocycles. The Hall–Kier alpha value is -0.260. The predicted molar refractivity (Wildman–Crippen MR) is 43.9 cm³/mol. The summed E-state index contributed by atoms with van der Waals surface area (Å²) in [6.07, 6.45) is 0.495. The van der Waals surface area contributed by atoms with Gasteiger partial charge in [0.25, 0.3) is 14.1 Å². The molecule has 1 aromatic heterocycles. The normalized spacial score (nSPS) is 11.9. The molecular weight excluding hydrogens is 225 g/mol. The van der Waals surface area contributed by atoms with Gasteiger partial charge in [0, 0.05) is 10.7 Å². The average Bonchev–Trinajstić information content (AvgIpc) is 2.29. The van der Waals surface area contributed by atoms with Crippen molar-refractivity contribution in [2.45, 2.75) is 18.4 Å². The van der Waals surface area contributed by atoms with E-state index in [1.165, 1.54) is 0 Å². The summed E-state index contributed by atoms with van der Waals surface area (Å²) in [4.78, 5) is 0. The van der Waals surface area contributed by atoms with E-state index in [-0.39, 0.29) is 5.02 Å². The zero-order chi connectivity index (χ0) is 9.35. The molecule has 0 spiro atoms. The summed E-state index contributed by atoms with van der Waals surface area (Å²) in [7, 11) is 1.08. The molecule has 1 aromatic rings. The summed E-state index contributed by atoms with van der Waals surface area (Å²) in [6.45, 7) is 1.77. The van der Waals surface area contributed by atoms with Crippen LogP contribution in [0.5, 0.6) is 0 Å². The predicted octanol–water partition coefficient (Wildman–Crippen LogP) is 1.82. The van der Waals surface area contributed by atoms with Gasteiger partial charge in [0.1, 0.15) is 10.7 Å². The fraction of sp³-hybridized carbons (Fsp3) is 0.400. The van der Waals surface area contributed by atoms with E-state index in [0.29, 0.717) is 12.1 Å². The van der Waals surface area contributed by atoms with Crippen molar-refractivity contribution < 1.29 is 12.9 Å². The smallest absolute Gasteiger partial charge is 0.298 e. The molecule has 0 amide bonds. The van der Waals surface area contributed by atoms with Crippen LogP contribution in [0.3, 0.4) is 0 Å². The largest absolute Gasteiger partial charge is 0.341 e. The van der Waals surface area contributed by atoms with Crippen molar-refractivity contribution in [3.05, 3.63) is 10.7 Å². The minimum Gasteiger partial charge on any atom is -0.341 e. The maximum absolute atomic E-state index is 10.7. The van der Waals surface area contributed by atoms with Crippen LogP contribution in [0.25, 0.3) is 0 Å². The third kappa shape index (κ3) is 1.73. The van der Waals surface area contributed by atoms with Gasteiger partial charge in [-0.05, 0) is 6.42 Å². The Morgan fingerprint density at radius 2 is 2.17 bits per heavy atom. The summed E-state index contributed by atoms with van der Waals surface area (Å²) >= 11 is 5.59. The molecule has 4 nitrogen and oxygen atoms in total. The monoisotopic (exact) mass is 229 g/mol. The number of aryl methyl sites for hydroxylation is 1. The van der Waals surface area contributed by atoms with Gasteiger partial charge in [-0.3, -0.25) is 0 Å². The van der Waals surface area contributed by atoms with Gasteiger partial charge in [0.2, 0.25) is 0 Å². The highest BCUT2D eigenvalue weighted by atomic mass is 35.7. The Balaban J connectivity index is 3.30. The first-order valence-electron chi connectivity index (χ1n) is 3.05. The number of hydrogen-bond acceptors (Lipinski definition) is 4. The third-order valence-corrected chi connectivity index (χ3v) is 2.87. The van der Waals surface area contributed by atoms with Gasteiger partial charge in [0.15, 0.2) is 0 Å². The molecule has 0 aliphatic carbocycles. The van der Waals surface area contributed by atoms with Crippen LogP contribution < -0.4 is 0 Å². The van der Waals surface area contributed by atoms with Gasteiger partial charge >= 0.3 is 0 Å². The quantitative estimate of drug-likeness (QED) is 0.727. The van der Waals surface area contributed by atoms with Crippen LogP contribution in [0.1, 0.15) is 12.6 Å². The van der Waals surface area contributed by atoms with Crippen LogP contribution >= 0.6 is 22.3 Å². The molecule has 0 aliphatic rings. The van der Waals surface area contributed by atoms with Crippen molar-refractivity contribution in [2.24, 2.45) is 0 Å². The molecule has 0 saturated heterocycles. The first-order chi connectivity index (χ1) is 5.46. The molecule has 0 atom stereocenters. The van der Waals surface area contributed by atoms with Gasteiger partial charge in [-0.15, -0.1) is 0 Å². The Bertz CT molecular complexity index is 383. The van der Waals surface area contributed by atoms with Crippen molar-refractivity contribution in [3.8, 4) is 0 Å². The van der Waals surface area contributed by atoms with E-state index in [2.05, 4.69) is 9.68 Å². The summed E-state index contributed by atoms with van der Waals surface area (Å²) < 4.78 is 25.9. The Morgan fingerprint density at radius 3 is 2.42 bits per heavy atom. The molecule has 7 heteroatoms. The number of nitrogens with zero attached hydrogens (tertiary/aromatic N) is 1. The second-order valence-corrected chi connectivity index (χ2v) is 4.87. The molecule has 0 fully saturated rings. The van der Waals surface area contributed by atoms with Crippen molar-refractivity contribution in [1.29, 1.82) is 0 Å². The first kappa shape index (κ1) is 9.83. The van der Waals surface area contributed by atoms with E-state index in [9.17, 15) is 8.42 Å². The second-order valence-electron chi connectivity index (χ2n) is 2.02. The highest BCUT2D eigenvalue weighted by Crippen LogP contribution is 2.27. The van der Waals surface area contributed by atoms with Gasteiger partial charge in [0.05, 0.1) is 0 Å². The van der Waals surface area contributed by atoms with Gasteiger partial charge in [-0.1, -0.05) is 23.7 Å². The molecule has 1 rings (SSSR count). The van der Waals surface area contributed by atoms with Crippen molar-refractivity contribution in [3.63, 3.8) is 0 Å². The summed E-state index contributed by atoms with van der Waals surface area (Å²) in [5.41, 5.74) is 0.385. The molecule has 0 bridgehead atoms. The van der Waals surface area contributed by atoms with Crippen LogP contribution in [0, 0.1) is 0 Å². The lowest BCUT2D eigenvalue weighted by Gasteiger charge is -1.87. The van der Waals surface area contributed by atoms with E-state index in [0.717, 1.165) is 0 Å². The lowest BCUT2D eigenvalue weighted by molar-refractivity contribution is 0.337. The number of hydrogen-bond donors (Lipinski definition) is 0. The van der Waals surface area contributed by atoms with E-state index in [1.54, 1.807) is 6.92 Å².